The molecule has 0 saturated carbocycles. The molecule has 2 heterocycles. The Kier molecular flexibility index (Phi) is 5.79. The maximum Gasteiger partial charge on any atom is 0.264 e. The molecule has 2 amide bonds. The van der Waals surface area contributed by atoms with Crippen molar-refractivity contribution in [2.24, 2.45) is 13.0 Å². The Labute approximate surface area is 180 Å². The molecule has 3 aromatic rings. The van der Waals surface area contributed by atoms with Gasteiger partial charge in [-0.3, -0.25) is 9.59 Å². The summed E-state index contributed by atoms with van der Waals surface area (Å²) >= 11 is 0. The third-order valence-electron chi connectivity index (χ3n) is 5.21. The van der Waals surface area contributed by atoms with E-state index in [9.17, 15) is 9.59 Å². The molecule has 0 aliphatic carbocycles. The van der Waals surface area contributed by atoms with Crippen LogP contribution in [0.5, 0.6) is 11.5 Å². The van der Waals surface area contributed by atoms with Crippen LogP contribution in [0.15, 0.2) is 42.5 Å². The number of nitrogens with one attached hydrogen (secondary N) is 2. The summed E-state index contributed by atoms with van der Waals surface area (Å²) in [6.45, 7) is 4.31. The predicted molar refractivity (Wildman–Crippen MR) is 117 cm³/mol. The van der Waals surface area contributed by atoms with Crippen LogP contribution in [-0.4, -0.2) is 40.6 Å². The number of amides is 2. The molecule has 0 radical (unpaired) electrons. The summed E-state index contributed by atoms with van der Waals surface area (Å²) in [4.78, 5) is 29.1. The van der Waals surface area contributed by atoms with Gasteiger partial charge in [0.1, 0.15) is 12.4 Å². The Bertz CT molecular complexity index is 1120. The van der Waals surface area contributed by atoms with E-state index in [0.717, 1.165) is 22.5 Å². The Balaban J connectivity index is 1.36. The van der Waals surface area contributed by atoms with Gasteiger partial charge in [-0.2, -0.15) is 0 Å². The van der Waals surface area contributed by atoms with Crippen molar-refractivity contribution < 1.29 is 19.1 Å². The van der Waals surface area contributed by atoms with E-state index in [1.807, 2.05) is 61.9 Å². The van der Waals surface area contributed by atoms with Gasteiger partial charge in [0.05, 0.1) is 11.0 Å². The van der Waals surface area contributed by atoms with Gasteiger partial charge in [0, 0.05) is 31.6 Å². The summed E-state index contributed by atoms with van der Waals surface area (Å²) < 4.78 is 13.3. The highest BCUT2D eigenvalue weighted by molar-refractivity contribution is 5.94. The zero-order valence-electron chi connectivity index (χ0n) is 17.8. The smallest absolute Gasteiger partial charge is 0.264 e. The third kappa shape index (κ3) is 4.47. The Morgan fingerprint density at radius 2 is 1.97 bits per heavy atom. The number of ether oxygens (including phenoxy) is 2. The number of nitrogens with zero attached hydrogens (tertiary/aromatic N) is 2. The van der Waals surface area contributed by atoms with Crippen LogP contribution in [0.3, 0.4) is 0 Å². The predicted octanol–water partition coefficient (Wildman–Crippen LogP) is 2.67. The Morgan fingerprint density at radius 3 is 2.74 bits per heavy atom. The number of carbonyl (C=O) groups is 2. The van der Waals surface area contributed by atoms with E-state index in [4.69, 9.17) is 9.47 Å². The maximum atomic E-state index is 12.5. The zero-order valence-corrected chi connectivity index (χ0v) is 17.8. The van der Waals surface area contributed by atoms with Gasteiger partial charge in [-0.15, -0.1) is 0 Å². The SMILES string of the molecule is CC(C)C(=O)Nc1ccc2c(c1)nc(CCNC(=O)[C@@H]1COc3ccccc3O1)n2C. The summed E-state index contributed by atoms with van der Waals surface area (Å²) in [5.74, 6) is 1.72. The molecular weight excluding hydrogens is 396 g/mol. The first kappa shape index (κ1) is 20.7. The van der Waals surface area contributed by atoms with Crippen molar-refractivity contribution >= 4 is 28.5 Å². The highest BCUT2D eigenvalue weighted by Gasteiger charge is 2.27. The molecule has 0 saturated heterocycles. The summed E-state index contributed by atoms with van der Waals surface area (Å²) in [5, 5.41) is 5.79. The second-order valence-electron chi connectivity index (χ2n) is 7.84. The normalized spacial score (nSPS) is 15.2. The second kappa shape index (κ2) is 8.67. The summed E-state index contributed by atoms with van der Waals surface area (Å²) in [6.07, 6.45) is -0.114. The lowest BCUT2D eigenvalue weighted by atomic mass is 10.2. The number of aryl methyl sites for hydroxylation is 1. The Morgan fingerprint density at radius 1 is 1.19 bits per heavy atom. The average molecular weight is 422 g/mol. The average Bonchev–Trinajstić information content (AvgIpc) is 3.08. The van der Waals surface area contributed by atoms with Gasteiger partial charge < -0.3 is 24.7 Å². The van der Waals surface area contributed by atoms with Crippen LogP contribution in [-0.2, 0) is 23.1 Å². The first-order valence-electron chi connectivity index (χ1n) is 10.3. The van der Waals surface area contributed by atoms with E-state index in [0.29, 0.717) is 24.5 Å². The summed E-state index contributed by atoms with van der Waals surface area (Å²) in [7, 11) is 1.94. The highest BCUT2D eigenvalue weighted by atomic mass is 16.6. The molecule has 1 aromatic heterocycles. The Hall–Kier alpha value is -3.55. The van der Waals surface area contributed by atoms with Gasteiger partial charge in [-0.25, -0.2) is 4.98 Å². The number of hydrogen-bond donors (Lipinski definition) is 2. The van der Waals surface area contributed by atoms with Gasteiger partial charge in [0.15, 0.2) is 11.5 Å². The standard InChI is InChI=1S/C23H26N4O4/c1-14(2)22(28)25-15-8-9-17-16(12-15)26-21(27(17)3)10-11-24-23(29)20-13-30-18-6-4-5-7-19(18)31-20/h4-9,12,14,20H,10-11,13H2,1-3H3,(H,24,29)(H,25,28)/t20-/m0/s1. The van der Waals surface area contributed by atoms with Gasteiger partial charge in [0.2, 0.25) is 12.0 Å². The fraction of sp³-hybridized carbons (Fsp3) is 0.348. The fourth-order valence-corrected chi connectivity index (χ4v) is 3.40. The monoisotopic (exact) mass is 422 g/mol. The van der Waals surface area contributed by atoms with E-state index in [2.05, 4.69) is 15.6 Å². The largest absolute Gasteiger partial charge is 0.485 e. The van der Waals surface area contributed by atoms with Crippen LogP contribution < -0.4 is 20.1 Å². The number of aromatic nitrogens is 2. The van der Waals surface area contributed by atoms with E-state index < -0.39 is 6.10 Å². The van der Waals surface area contributed by atoms with Crippen molar-refractivity contribution in [1.82, 2.24) is 14.9 Å². The molecular formula is C23H26N4O4. The lowest BCUT2D eigenvalue weighted by Gasteiger charge is -2.25. The minimum absolute atomic E-state index is 0.0326. The molecule has 31 heavy (non-hydrogen) atoms. The van der Waals surface area contributed by atoms with Crippen LogP contribution in [0.25, 0.3) is 11.0 Å². The number of benzene rings is 2. The fourth-order valence-electron chi connectivity index (χ4n) is 3.40. The molecule has 0 unspecified atom stereocenters. The quantitative estimate of drug-likeness (QED) is 0.637. The summed E-state index contributed by atoms with van der Waals surface area (Å²) in [6, 6.07) is 13.0. The van der Waals surface area contributed by atoms with Crippen LogP contribution >= 0.6 is 0 Å². The molecule has 0 fully saturated rings. The van der Waals surface area contributed by atoms with Gasteiger partial charge >= 0.3 is 0 Å². The van der Waals surface area contributed by atoms with Crippen molar-refractivity contribution in [3.05, 3.63) is 48.3 Å². The van der Waals surface area contributed by atoms with Crippen LogP contribution in [0.2, 0.25) is 0 Å². The number of carbonyl (C=O) groups excluding carboxylic acids is 2. The molecule has 4 rings (SSSR count). The molecule has 8 heteroatoms. The van der Waals surface area contributed by atoms with Gasteiger partial charge in [-0.05, 0) is 30.3 Å². The van der Waals surface area contributed by atoms with Crippen molar-refractivity contribution in [2.45, 2.75) is 26.4 Å². The van der Waals surface area contributed by atoms with Gasteiger partial charge in [0.25, 0.3) is 5.91 Å². The number of anilines is 1. The molecule has 162 valence electrons. The first-order chi connectivity index (χ1) is 14.9. The number of imidazole rings is 1. The van der Waals surface area contributed by atoms with E-state index in [-0.39, 0.29) is 24.3 Å². The molecule has 1 atom stereocenters. The molecule has 1 aliphatic heterocycles. The minimum Gasteiger partial charge on any atom is -0.485 e. The number of fused-ring (bicyclic) bond motifs is 2. The topological polar surface area (TPSA) is 94.5 Å². The first-order valence-corrected chi connectivity index (χ1v) is 10.3. The van der Waals surface area contributed by atoms with E-state index in [1.165, 1.54) is 0 Å². The van der Waals surface area contributed by atoms with Crippen LogP contribution in [0.4, 0.5) is 5.69 Å². The van der Waals surface area contributed by atoms with Crippen molar-refractivity contribution in [1.29, 1.82) is 0 Å². The van der Waals surface area contributed by atoms with Gasteiger partial charge in [-0.1, -0.05) is 26.0 Å². The molecule has 0 bridgehead atoms. The molecule has 2 aromatic carbocycles. The van der Waals surface area contributed by atoms with Crippen molar-refractivity contribution in [3.8, 4) is 11.5 Å². The molecule has 0 spiro atoms. The van der Waals surface area contributed by atoms with E-state index in [1.54, 1.807) is 6.07 Å². The van der Waals surface area contributed by atoms with Crippen LogP contribution in [0.1, 0.15) is 19.7 Å². The molecule has 2 N–H and O–H groups in total. The number of hydrogen-bond acceptors (Lipinski definition) is 5. The number of para-hydroxylation sites is 2. The summed E-state index contributed by atoms with van der Waals surface area (Å²) in [5.41, 5.74) is 2.48. The minimum atomic E-state index is -0.678. The van der Waals surface area contributed by atoms with E-state index >= 15 is 0 Å². The van der Waals surface area contributed by atoms with Crippen LogP contribution in [0, 0.1) is 5.92 Å². The molecule has 1 aliphatic rings. The van der Waals surface area contributed by atoms with Crippen molar-refractivity contribution in [3.63, 3.8) is 0 Å². The third-order valence-corrected chi connectivity index (χ3v) is 5.21. The number of rotatable bonds is 6. The second-order valence-corrected chi connectivity index (χ2v) is 7.84. The van der Waals surface area contributed by atoms with Crippen molar-refractivity contribution in [2.75, 3.05) is 18.5 Å². The molecule has 8 nitrogen and oxygen atoms in total. The maximum absolute atomic E-state index is 12.5. The lowest BCUT2D eigenvalue weighted by molar-refractivity contribution is -0.130. The highest BCUT2D eigenvalue weighted by Crippen LogP contribution is 2.30. The zero-order chi connectivity index (χ0) is 22.0. The lowest BCUT2D eigenvalue weighted by Crippen LogP contribution is -2.44.